The molecule has 7 heteroatoms. The van der Waals surface area contributed by atoms with Crippen molar-refractivity contribution in [1.82, 2.24) is 10.6 Å². The molecule has 3 rings (SSSR count). The summed E-state index contributed by atoms with van der Waals surface area (Å²) in [5.41, 5.74) is -0.188. The zero-order valence-electron chi connectivity index (χ0n) is 10.9. The van der Waals surface area contributed by atoms with E-state index in [1.807, 2.05) is 12.1 Å². The molecule has 106 valence electrons. The number of hydrogen-bond acceptors (Lipinski definition) is 4. The summed E-state index contributed by atoms with van der Waals surface area (Å²) >= 11 is 11.4. The number of esters is 1. The van der Waals surface area contributed by atoms with Crippen molar-refractivity contribution in [3.05, 3.63) is 28.8 Å². The highest BCUT2D eigenvalue weighted by Crippen LogP contribution is 2.47. The lowest BCUT2D eigenvalue weighted by molar-refractivity contribution is -0.159. The molecule has 2 bridgehead atoms. The Morgan fingerprint density at radius 1 is 1.55 bits per heavy atom. The van der Waals surface area contributed by atoms with Gasteiger partial charge in [-0.3, -0.25) is 4.79 Å². The second kappa shape index (κ2) is 4.49. The Bertz CT molecular complexity index is 609. The van der Waals surface area contributed by atoms with E-state index in [1.165, 1.54) is 7.11 Å². The minimum Gasteiger partial charge on any atom is -0.469 e. The van der Waals surface area contributed by atoms with Gasteiger partial charge in [-0.15, -0.1) is 0 Å². The number of nitrogens with one attached hydrogen (secondary N) is 2. The van der Waals surface area contributed by atoms with Crippen molar-refractivity contribution < 1.29 is 14.3 Å². The van der Waals surface area contributed by atoms with Crippen molar-refractivity contribution in [2.24, 2.45) is 5.92 Å². The molecule has 20 heavy (non-hydrogen) atoms. The Labute approximate surface area is 126 Å². The molecule has 1 fully saturated rings. The summed E-state index contributed by atoms with van der Waals surface area (Å²) in [5, 5.41) is 7.03. The number of benzene rings is 1. The van der Waals surface area contributed by atoms with Gasteiger partial charge in [0.1, 0.15) is 11.7 Å². The molecule has 1 aromatic carbocycles. The van der Waals surface area contributed by atoms with Gasteiger partial charge >= 0.3 is 5.97 Å². The van der Waals surface area contributed by atoms with Crippen LogP contribution in [0.15, 0.2) is 18.2 Å². The van der Waals surface area contributed by atoms with Crippen molar-refractivity contribution in [1.29, 1.82) is 0 Å². The van der Waals surface area contributed by atoms with Crippen molar-refractivity contribution >= 4 is 34.9 Å². The summed E-state index contributed by atoms with van der Waals surface area (Å²) in [6.45, 7) is 1.76. The van der Waals surface area contributed by atoms with Crippen LogP contribution in [0.1, 0.15) is 18.5 Å². The smallest absolute Gasteiger partial charge is 0.317 e. The molecule has 0 spiro atoms. The molecule has 0 saturated carbocycles. The van der Waals surface area contributed by atoms with E-state index in [4.69, 9.17) is 33.3 Å². The SMILES string of the molecule is COC(=O)C1C2NC(=S)NC1(C)Oc1c(Cl)cccc12. The van der Waals surface area contributed by atoms with Crippen LogP contribution in [0.5, 0.6) is 5.75 Å². The van der Waals surface area contributed by atoms with E-state index in [0.29, 0.717) is 15.9 Å². The van der Waals surface area contributed by atoms with E-state index in [-0.39, 0.29) is 12.0 Å². The number of carbonyl (C=O) groups excluding carboxylic acids is 1. The standard InChI is InChI=1S/C13H13ClN2O3S/c1-13-8(11(17)18-2)9(15-12(20)16-13)6-4-3-5-7(14)10(6)19-13/h3-5,8-9H,1-2H3,(H2,15,16,20). The molecule has 0 radical (unpaired) electrons. The Balaban J connectivity index is 2.18. The normalized spacial score (nSPS) is 30.4. The van der Waals surface area contributed by atoms with E-state index in [9.17, 15) is 4.79 Å². The quantitative estimate of drug-likeness (QED) is 0.609. The molecular formula is C13H13ClN2O3S. The van der Waals surface area contributed by atoms with Crippen molar-refractivity contribution in [3.63, 3.8) is 0 Å². The van der Waals surface area contributed by atoms with Gasteiger partial charge in [0.2, 0.25) is 0 Å². The highest BCUT2D eigenvalue weighted by molar-refractivity contribution is 7.80. The molecule has 2 N–H and O–H groups in total. The second-order valence-corrected chi connectivity index (χ2v) is 5.76. The monoisotopic (exact) mass is 312 g/mol. The van der Waals surface area contributed by atoms with Crippen LogP contribution in [0.4, 0.5) is 0 Å². The van der Waals surface area contributed by atoms with Gasteiger partial charge in [0.25, 0.3) is 0 Å². The van der Waals surface area contributed by atoms with E-state index in [0.717, 1.165) is 5.56 Å². The maximum absolute atomic E-state index is 12.1. The Kier molecular flexibility index (Phi) is 3.02. The van der Waals surface area contributed by atoms with Crippen molar-refractivity contribution in [3.8, 4) is 5.75 Å². The molecule has 5 nitrogen and oxygen atoms in total. The lowest BCUT2D eigenvalue weighted by Gasteiger charge is -2.50. The average Bonchev–Trinajstić information content (AvgIpc) is 2.38. The maximum atomic E-state index is 12.1. The topological polar surface area (TPSA) is 59.6 Å². The average molecular weight is 313 g/mol. The summed E-state index contributed by atoms with van der Waals surface area (Å²) in [7, 11) is 1.35. The molecule has 3 atom stereocenters. The zero-order valence-corrected chi connectivity index (χ0v) is 12.5. The molecule has 2 aliphatic rings. The van der Waals surface area contributed by atoms with E-state index < -0.39 is 11.6 Å². The Morgan fingerprint density at radius 2 is 2.30 bits per heavy atom. The summed E-state index contributed by atoms with van der Waals surface area (Å²) in [6, 6.07) is 5.09. The fraction of sp³-hybridized carbons (Fsp3) is 0.385. The molecule has 0 amide bonds. The number of hydrogen-bond donors (Lipinski definition) is 2. The van der Waals surface area contributed by atoms with E-state index in [2.05, 4.69) is 10.6 Å². The maximum Gasteiger partial charge on any atom is 0.317 e. The predicted octanol–water partition coefficient (Wildman–Crippen LogP) is 1.76. The van der Waals surface area contributed by atoms with Gasteiger partial charge in [0, 0.05) is 5.56 Å². The summed E-state index contributed by atoms with van der Waals surface area (Å²) < 4.78 is 10.9. The first kappa shape index (κ1) is 13.5. The van der Waals surface area contributed by atoms with Gasteiger partial charge in [-0.1, -0.05) is 23.7 Å². The third-order valence-corrected chi connectivity index (χ3v) is 4.19. The van der Waals surface area contributed by atoms with Crippen LogP contribution in [0, 0.1) is 5.92 Å². The lowest BCUT2D eigenvalue weighted by Crippen LogP contribution is -2.70. The van der Waals surface area contributed by atoms with Crippen molar-refractivity contribution in [2.45, 2.75) is 18.7 Å². The van der Waals surface area contributed by atoms with Crippen LogP contribution in [-0.4, -0.2) is 23.9 Å². The Morgan fingerprint density at radius 3 is 3.00 bits per heavy atom. The first-order chi connectivity index (χ1) is 9.46. The summed E-state index contributed by atoms with van der Waals surface area (Å²) in [4.78, 5) is 12.1. The van der Waals surface area contributed by atoms with Crippen LogP contribution in [0.3, 0.4) is 0 Å². The minimum absolute atomic E-state index is 0.330. The van der Waals surface area contributed by atoms with Crippen LogP contribution >= 0.6 is 23.8 Å². The number of halogens is 1. The minimum atomic E-state index is -0.988. The van der Waals surface area contributed by atoms with Gasteiger partial charge in [-0.2, -0.15) is 0 Å². The highest BCUT2D eigenvalue weighted by atomic mass is 35.5. The lowest BCUT2D eigenvalue weighted by atomic mass is 9.80. The number of methoxy groups -OCH3 is 1. The second-order valence-electron chi connectivity index (χ2n) is 4.94. The third-order valence-electron chi connectivity index (χ3n) is 3.68. The van der Waals surface area contributed by atoms with Crippen LogP contribution in [-0.2, 0) is 9.53 Å². The molecule has 0 aromatic heterocycles. The molecule has 2 aliphatic heterocycles. The fourth-order valence-corrected chi connectivity index (χ4v) is 3.36. The van der Waals surface area contributed by atoms with Crippen LogP contribution in [0.25, 0.3) is 0 Å². The third kappa shape index (κ3) is 1.83. The summed E-state index contributed by atoms with van der Waals surface area (Å²) in [5.74, 6) is -0.375. The number of para-hydroxylation sites is 1. The van der Waals surface area contributed by atoms with Crippen LogP contribution < -0.4 is 15.4 Å². The largest absolute Gasteiger partial charge is 0.469 e. The molecule has 1 saturated heterocycles. The van der Waals surface area contributed by atoms with Gasteiger partial charge in [-0.25, -0.2) is 0 Å². The Hall–Kier alpha value is -1.53. The molecular weight excluding hydrogens is 300 g/mol. The van der Waals surface area contributed by atoms with Crippen LogP contribution in [0.2, 0.25) is 5.02 Å². The van der Waals surface area contributed by atoms with E-state index in [1.54, 1.807) is 13.0 Å². The fourth-order valence-electron chi connectivity index (χ4n) is 2.81. The van der Waals surface area contributed by atoms with Gasteiger partial charge in [0.05, 0.1) is 18.2 Å². The van der Waals surface area contributed by atoms with Crippen molar-refractivity contribution in [2.75, 3.05) is 7.11 Å². The predicted molar refractivity (Wildman–Crippen MR) is 77.6 cm³/mol. The molecule has 0 aliphatic carbocycles. The molecule has 2 heterocycles. The summed E-state index contributed by atoms with van der Waals surface area (Å²) in [6.07, 6.45) is 0. The number of carbonyl (C=O) groups is 1. The van der Waals surface area contributed by atoms with Gasteiger partial charge < -0.3 is 20.1 Å². The van der Waals surface area contributed by atoms with Gasteiger partial charge in [0.15, 0.2) is 10.8 Å². The number of thiocarbonyl (C=S) groups is 1. The van der Waals surface area contributed by atoms with E-state index >= 15 is 0 Å². The van der Waals surface area contributed by atoms with Gasteiger partial charge in [-0.05, 0) is 25.2 Å². The number of fused-ring (bicyclic) bond motifs is 4. The highest BCUT2D eigenvalue weighted by Gasteiger charge is 2.55. The molecule has 1 aromatic rings. The molecule has 3 unspecified atom stereocenters. The first-order valence-corrected chi connectivity index (χ1v) is 6.89. The number of rotatable bonds is 1. The zero-order chi connectivity index (χ0) is 14.5. The first-order valence-electron chi connectivity index (χ1n) is 6.10. The number of ether oxygens (including phenoxy) is 2.